The number of nitrogens with two attached hydrogens (primary N) is 1. The van der Waals surface area contributed by atoms with Crippen molar-refractivity contribution in [3.63, 3.8) is 0 Å². The predicted molar refractivity (Wildman–Crippen MR) is 107 cm³/mol. The van der Waals surface area contributed by atoms with Crippen LogP contribution in [0.4, 0.5) is 5.69 Å². The number of aromatic nitrogens is 4. The van der Waals surface area contributed by atoms with Crippen LogP contribution in [-0.4, -0.2) is 20.2 Å². The van der Waals surface area contributed by atoms with Gasteiger partial charge in [0.05, 0.1) is 10.2 Å². The highest BCUT2D eigenvalue weighted by molar-refractivity contribution is 7.25. The number of nitrogens with zero attached hydrogens (tertiary/aromatic N) is 4. The van der Waals surface area contributed by atoms with Gasteiger partial charge in [-0.2, -0.15) is 0 Å². The van der Waals surface area contributed by atoms with E-state index in [9.17, 15) is 0 Å². The van der Waals surface area contributed by atoms with Gasteiger partial charge in [-0.05, 0) is 22.2 Å². The molecule has 0 atom stereocenters. The fourth-order valence-electron chi connectivity index (χ4n) is 3.83. The van der Waals surface area contributed by atoms with Gasteiger partial charge in [-0.25, -0.2) is 9.97 Å². The van der Waals surface area contributed by atoms with Gasteiger partial charge < -0.3 is 5.73 Å². The zero-order valence-electron chi connectivity index (χ0n) is 13.5. The topological polar surface area (TPSA) is 77.6 Å². The van der Waals surface area contributed by atoms with Crippen molar-refractivity contribution in [2.45, 2.75) is 0 Å². The maximum absolute atomic E-state index is 6.35. The SMILES string of the molecule is Nc1cccc2c3ccccc3c3c(nnc4sc5cncnc5c43)c12. The molecule has 0 aliphatic carbocycles. The van der Waals surface area contributed by atoms with E-state index < -0.39 is 0 Å². The Morgan fingerprint density at radius 1 is 0.769 bits per heavy atom. The molecule has 6 rings (SSSR count). The van der Waals surface area contributed by atoms with Crippen LogP contribution < -0.4 is 5.73 Å². The first-order chi connectivity index (χ1) is 12.8. The lowest BCUT2D eigenvalue weighted by Gasteiger charge is -2.11. The van der Waals surface area contributed by atoms with Crippen molar-refractivity contribution in [3.05, 3.63) is 55.0 Å². The number of thiophene rings is 1. The monoisotopic (exact) mass is 353 g/mol. The van der Waals surface area contributed by atoms with Crippen LogP contribution in [0.3, 0.4) is 0 Å². The van der Waals surface area contributed by atoms with Crippen molar-refractivity contribution in [2.24, 2.45) is 0 Å². The normalized spacial score (nSPS) is 12.0. The molecule has 2 N–H and O–H groups in total. The maximum atomic E-state index is 6.35. The van der Waals surface area contributed by atoms with Crippen molar-refractivity contribution in [2.75, 3.05) is 5.73 Å². The molecule has 6 heteroatoms. The lowest BCUT2D eigenvalue weighted by molar-refractivity contribution is 1.14. The van der Waals surface area contributed by atoms with E-state index in [1.807, 2.05) is 18.3 Å². The van der Waals surface area contributed by atoms with Gasteiger partial charge >= 0.3 is 0 Å². The third kappa shape index (κ3) is 1.64. The number of nitrogen functional groups attached to an aromatic ring is 1. The van der Waals surface area contributed by atoms with Crippen LogP contribution in [0.25, 0.3) is 52.9 Å². The molecule has 0 saturated carbocycles. The molecule has 0 fully saturated rings. The molecule has 0 amide bonds. The highest BCUT2D eigenvalue weighted by Gasteiger charge is 2.18. The van der Waals surface area contributed by atoms with E-state index in [-0.39, 0.29) is 0 Å². The summed E-state index contributed by atoms with van der Waals surface area (Å²) in [5, 5.41) is 15.5. The smallest absolute Gasteiger partial charge is 0.149 e. The second-order valence-electron chi connectivity index (χ2n) is 6.26. The first-order valence-corrected chi connectivity index (χ1v) is 9.02. The zero-order valence-corrected chi connectivity index (χ0v) is 14.3. The summed E-state index contributed by atoms with van der Waals surface area (Å²) >= 11 is 1.56. The summed E-state index contributed by atoms with van der Waals surface area (Å²) < 4.78 is 1.01. The van der Waals surface area contributed by atoms with E-state index in [4.69, 9.17) is 5.73 Å². The van der Waals surface area contributed by atoms with Crippen LogP contribution in [-0.2, 0) is 0 Å². The molecule has 5 nitrogen and oxygen atoms in total. The van der Waals surface area contributed by atoms with Crippen LogP contribution in [0, 0.1) is 0 Å². The molecule has 0 aliphatic rings. The summed E-state index contributed by atoms with van der Waals surface area (Å²) in [7, 11) is 0. The molecule has 122 valence electrons. The van der Waals surface area contributed by atoms with Gasteiger partial charge in [0, 0.05) is 28.0 Å². The highest BCUT2D eigenvalue weighted by Crippen LogP contribution is 2.42. The summed E-state index contributed by atoms with van der Waals surface area (Å²) in [6.07, 6.45) is 3.41. The van der Waals surface area contributed by atoms with Crippen LogP contribution in [0.15, 0.2) is 55.0 Å². The minimum atomic E-state index is 0.709. The van der Waals surface area contributed by atoms with Crippen LogP contribution in [0.5, 0.6) is 0 Å². The van der Waals surface area contributed by atoms with Gasteiger partial charge in [0.2, 0.25) is 0 Å². The minimum Gasteiger partial charge on any atom is -0.398 e. The van der Waals surface area contributed by atoms with Gasteiger partial charge in [-0.3, -0.25) is 0 Å². The fraction of sp³-hybridized carbons (Fsp3) is 0. The Morgan fingerprint density at radius 2 is 1.58 bits per heavy atom. The number of anilines is 1. The van der Waals surface area contributed by atoms with E-state index in [2.05, 4.69) is 50.5 Å². The standard InChI is InChI=1S/C20H11N5S/c21-13-7-3-6-11-10-4-1-2-5-12(10)16-17-18-14(8-22-9-23-18)26-20(17)25-24-19(16)15(11)13/h1-9H,21H2. The molecule has 3 heterocycles. The number of hydrogen-bond donors (Lipinski definition) is 1. The van der Waals surface area contributed by atoms with E-state index in [1.165, 1.54) is 0 Å². The molecule has 3 aromatic carbocycles. The molecule has 3 aromatic heterocycles. The first kappa shape index (κ1) is 13.9. The molecular weight excluding hydrogens is 342 g/mol. The Hall–Kier alpha value is -3.38. The molecule has 0 radical (unpaired) electrons. The average molecular weight is 353 g/mol. The molecular formula is C20H11N5S. The maximum Gasteiger partial charge on any atom is 0.149 e. The number of benzene rings is 3. The summed E-state index contributed by atoms with van der Waals surface area (Å²) in [6, 6.07) is 14.4. The Bertz CT molecular complexity index is 1500. The van der Waals surface area contributed by atoms with E-state index >= 15 is 0 Å². The number of hydrogen-bond acceptors (Lipinski definition) is 6. The lowest BCUT2D eigenvalue weighted by atomic mass is 9.95. The first-order valence-electron chi connectivity index (χ1n) is 8.20. The summed E-state index contributed by atoms with van der Waals surface area (Å²) in [5.74, 6) is 0. The van der Waals surface area contributed by atoms with Crippen molar-refractivity contribution >= 4 is 69.9 Å². The Balaban J connectivity index is 2.07. The largest absolute Gasteiger partial charge is 0.398 e. The predicted octanol–water partition coefficient (Wildman–Crippen LogP) is 4.68. The average Bonchev–Trinajstić information content (AvgIpc) is 3.06. The van der Waals surface area contributed by atoms with Gasteiger partial charge in [0.15, 0.2) is 0 Å². The molecule has 26 heavy (non-hydrogen) atoms. The molecule has 0 bridgehead atoms. The van der Waals surface area contributed by atoms with Gasteiger partial charge in [0.1, 0.15) is 16.7 Å². The molecule has 6 aromatic rings. The second-order valence-corrected chi connectivity index (χ2v) is 7.29. The van der Waals surface area contributed by atoms with Crippen molar-refractivity contribution in [3.8, 4) is 0 Å². The summed E-state index contributed by atoms with van der Waals surface area (Å²) in [6.45, 7) is 0. The third-order valence-corrected chi connectivity index (χ3v) is 5.88. The van der Waals surface area contributed by atoms with E-state index in [0.717, 1.165) is 52.9 Å². The third-order valence-electron chi connectivity index (χ3n) is 4.88. The van der Waals surface area contributed by atoms with Gasteiger partial charge in [-0.1, -0.05) is 36.4 Å². The zero-order chi connectivity index (χ0) is 17.3. The molecule has 0 aliphatic heterocycles. The molecule has 0 saturated heterocycles. The molecule has 0 spiro atoms. The number of fused-ring (bicyclic) bond motifs is 10. The fourth-order valence-corrected chi connectivity index (χ4v) is 4.78. The van der Waals surface area contributed by atoms with E-state index in [0.29, 0.717) is 5.69 Å². The van der Waals surface area contributed by atoms with E-state index in [1.54, 1.807) is 17.7 Å². The number of rotatable bonds is 0. The van der Waals surface area contributed by atoms with Crippen LogP contribution >= 0.6 is 11.3 Å². The van der Waals surface area contributed by atoms with Crippen molar-refractivity contribution in [1.82, 2.24) is 20.2 Å². The second kappa shape index (κ2) is 4.83. The lowest BCUT2D eigenvalue weighted by Crippen LogP contribution is -1.93. The van der Waals surface area contributed by atoms with Gasteiger partial charge in [-0.15, -0.1) is 21.5 Å². The summed E-state index contributed by atoms with van der Waals surface area (Å²) in [4.78, 5) is 9.54. The van der Waals surface area contributed by atoms with Crippen LogP contribution in [0.1, 0.15) is 0 Å². The van der Waals surface area contributed by atoms with Crippen LogP contribution in [0.2, 0.25) is 0 Å². The highest BCUT2D eigenvalue weighted by atomic mass is 32.1. The van der Waals surface area contributed by atoms with Crippen molar-refractivity contribution in [1.29, 1.82) is 0 Å². The minimum absolute atomic E-state index is 0.709. The summed E-state index contributed by atoms with van der Waals surface area (Å²) in [5.41, 5.74) is 8.80. The Morgan fingerprint density at radius 3 is 2.50 bits per heavy atom. The Kier molecular flexibility index (Phi) is 2.58. The quantitative estimate of drug-likeness (QED) is 0.317. The Labute approximate surface area is 151 Å². The van der Waals surface area contributed by atoms with Gasteiger partial charge in [0.25, 0.3) is 0 Å². The molecule has 0 unspecified atom stereocenters. The van der Waals surface area contributed by atoms with Crippen molar-refractivity contribution < 1.29 is 0 Å².